The van der Waals surface area contributed by atoms with Gasteiger partial charge in [-0.05, 0) is 58.3 Å². The zero-order chi connectivity index (χ0) is 15.8. The Morgan fingerprint density at radius 3 is 2.91 bits per heavy atom. The quantitative estimate of drug-likeness (QED) is 0.863. The molecule has 1 saturated heterocycles. The summed E-state index contributed by atoms with van der Waals surface area (Å²) in [5.41, 5.74) is 0.928. The van der Waals surface area contributed by atoms with Gasteiger partial charge in [-0.3, -0.25) is 9.78 Å². The second-order valence-corrected chi connectivity index (χ2v) is 6.04. The molecule has 2 heterocycles. The Balaban J connectivity index is 0.00000264. The summed E-state index contributed by atoms with van der Waals surface area (Å²) in [5, 5.41) is 3.40. The predicted molar refractivity (Wildman–Crippen MR) is 93.6 cm³/mol. The van der Waals surface area contributed by atoms with Crippen molar-refractivity contribution < 1.29 is 9.53 Å². The maximum atomic E-state index is 12.6. The largest absolute Gasteiger partial charge is 0.369 e. The summed E-state index contributed by atoms with van der Waals surface area (Å²) in [6.07, 6.45) is 4.96. The Bertz CT molecular complexity index is 448. The predicted octanol–water partition coefficient (Wildman–Crippen LogP) is 2.40. The van der Waals surface area contributed by atoms with E-state index < -0.39 is 0 Å². The minimum absolute atomic E-state index is 0. The Hall–Kier alpha value is -1.17. The lowest BCUT2D eigenvalue weighted by atomic mass is 10.1. The average molecular weight is 342 g/mol. The van der Waals surface area contributed by atoms with Gasteiger partial charge in [-0.15, -0.1) is 12.4 Å². The molecule has 1 aliphatic rings. The molecular weight excluding hydrogens is 314 g/mol. The first-order chi connectivity index (χ1) is 10.7. The van der Waals surface area contributed by atoms with E-state index in [0.29, 0.717) is 6.54 Å². The minimum atomic E-state index is 0. The van der Waals surface area contributed by atoms with Crippen molar-refractivity contribution in [2.75, 3.05) is 19.7 Å². The molecule has 0 saturated carbocycles. The molecule has 1 fully saturated rings. The van der Waals surface area contributed by atoms with E-state index >= 15 is 0 Å². The average Bonchev–Trinajstić information content (AvgIpc) is 2.80. The van der Waals surface area contributed by atoms with Crippen molar-refractivity contribution in [3.63, 3.8) is 0 Å². The molecule has 5 nitrogen and oxygen atoms in total. The van der Waals surface area contributed by atoms with Crippen LogP contribution in [0.2, 0.25) is 0 Å². The van der Waals surface area contributed by atoms with Crippen LogP contribution in [0.5, 0.6) is 0 Å². The standard InChI is InChI=1S/C17H27N3O2.ClH/c1-14(2)22-13-17(21)20(12-15-6-3-4-10-19-15)16-7-5-9-18-11-8-16;/h3-4,6,10,14,16,18H,5,7-9,11-13H2,1-2H3;1H. The molecule has 1 atom stereocenters. The molecule has 6 heteroatoms. The number of aromatic nitrogens is 1. The summed E-state index contributed by atoms with van der Waals surface area (Å²) in [6.45, 7) is 6.60. The third kappa shape index (κ3) is 6.85. The van der Waals surface area contributed by atoms with Crippen LogP contribution in [0, 0.1) is 0 Å². The van der Waals surface area contributed by atoms with Crippen LogP contribution in [0.3, 0.4) is 0 Å². The summed E-state index contributed by atoms with van der Waals surface area (Å²) < 4.78 is 5.52. The lowest BCUT2D eigenvalue weighted by molar-refractivity contribution is -0.141. The van der Waals surface area contributed by atoms with Crippen LogP contribution in [0.25, 0.3) is 0 Å². The van der Waals surface area contributed by atoms with E-state index in [0.717, 1.165) is 38.0 Å². The normalized spacial score (nSPS) is 18.1. The second-order valence-electron chi connectivity index (χ2n) is 6.04. The number of pyridine rings is 1. The maximum absolute atomic E-state index is 12.6. The van der Waals surface area contributed by atoms with Gasteiger partial charge in [0.15, 0.2) is 0 Å². The number of nitrogens with zero attached hydrogens (tertiary/aromatic N) is 2. The van der Waals surface area contributed by atoms with Crippen molar-refractivity contribution in [1.82, 2.24) is 15.2 Å². The summed E-state index contributed by atoms with van der Waals surface area (Å²) in [6, 6.07) is 6.09. The molecule has 130 valence electrons. The zero-order valence-electron chi connectivity index (χ0n) is 14.0. The van der Waals surface area contributed by atoms with Crippen molar-refractivity contribution in [3.05, 3.63) is 30.1 Å². The Morgan fingerprint density at radius 2 is 2.22 bits per heavy atom. The van der Waals surface area contributed by atoms with Crippen LogP contribution >= 0.6 is 12.4 Å². The highest BCUT2D eigenvalue weighted by atomic mass is 35.5. The molecular formula is C17H28ClN3O2. The molecule has 1 aliphatic heterocycles. The highest BCUT2D eigenvalue weighted by molar-refractivity contribution is 5.85. The van der Waals surface area contributed by atoms with E-state index in [9.17, 15) is 4.79 Å². The second kappa shape index (κ2) is 10.6. The molecule has 0 bridgehead atoms. The summed E-state index contributed by atoms with van der Waals surface area (Å²) in [4.78, 5) is 18.9. The van der Waals surface area contributed by atoms with E-state index in [2.05, 4.69) is 10.3 Å². The molecule has 0 spiro atoms. The van der Waals surface area contributed by atoms with Crippen molar-refractivity contribution in [3.8, 4) is 0 Å². The number of halogens is 1. The first-order valence-corrected chi connectivity index (χ1v) is 8.18. The number of hydrogen-bond acceptors (Lipinski definition) is 4. The van der Waals surface area contributed by atoms with Crippen molar-refractivity contribution in [2.45, 2.75) is 51.8 Å². The van der Waals surface area contributed by atoms with Gasteiger partial charge in [0.25, 0.3) is 0 Å². The van der Waals surface area contributed by atoms with Crippen molar-refractivity contribution in [1.29, 1.82) is 0 Å². The minimum Gasteiger partial charge on any atom is -0.369 e. The molecule has 1 aromatic heterocycles. The number of carbonyl (C=O) groups is 1. The van der Waals surface area contributed by atoms with Crippen LogP contribution in [0.1, 0.15) is 38.8 Å². The summed E-state index contributed by atoms with van der Waals surface area (Å²) >= 11 is 0. The monoisotopic (exact) mass is 341 g/mol. The van der Waals surface area contributed by atoms with Gasteiger partial charge in [0, 0.05) is 12.2 Å². The first kappa shape index (κ1) is 19.9. The fourth-order valence-electron chi connectivity index (χ4n) is 2.72. The fourth-order valence-corrected chi connectivity index (χ4v) is 2.72. The Labute approximate surface area is 145 Å². The summed E-state index contributed by atoms with van der Waals surface area (Å²) in [5.74, 6) is 0.0613. The van der Waals surface area contributed by atoms with Gasteiger partial charge < -0.3 is 15.0 Å². The number of carbonyl (C=O) groups excluding carboxylic acids is 1. The number of rotatable bonds is 6. The lowest BCUT2D eigenvalue weighted by Crippen LogP contribution is -2.42. The third-order valence-electron chi connectivity index (χ3n) is 3.90. The van der Waals surface area contributed by atoms with E-state index in [-0.39, 0.29) is 37.1 Å². The van der Waals surface area contributed by atoms with Crippen LogP contribution < -0.4 is 5.32 Å². The van der Waals surface area contributed by atoms with Crippen LogP contribution in [0.15, 0.2) is 24.4 Å². The van der Waals surface area contributed by atoms with Gasteiger partial charge in [-0.2, -0.15) is 0 Å². The van der Waals surface area contributed by atoms with E-state index in [1.54, 1.807) is 6.20 Å². The topological polar surface area (TPSA) is 54.5 Å². The maximum Gasteiger partial charge on any atom is 0.249 e. The van der Waals surface area contributed by atoms with Crippen LogP contribution in [0.4, 0.5) is 0 Å². The van der Waals surface area contributed by atoms with Crippen LogP contribution in [-0.4, -0.2) is 47.6 Å². The Morgan fingerprint density at radius 1 is 1.39 bits per heavy atom. The first-order valence-electron chi connectivity index (χ1n) is 8.18. The van der Waals surface area contributed by atoms with E-state index in [1.807, 2.05) is 36.9 Å². The van der Waals surface area contributed by atoms with Gasteiger partial charge in [0.2, 0.25) is 5.91 Å². The molecule has 1 unspecified atom stereocenters. The fraction of sp³-hybridized carbons (Fsp3) is 0.647. The third-order valence-corrected chi connectivity index (χ3v) is 3.90. The molecule has 1 amide bonds. The van der Waals surface area contributed by atoms with E-state index in [1.165, 1.54) is 0 Å². The SMILES string of the molecule is CC(C)OCC(=O)N(Cc1ccccn1)C1CCCNCC1.Cl. The zero-order valence-corrected chi connectivity index (χ0v) is 14.8. The van der Waals surface area contributed by atoms with Gasteiger partial charge >= 0.3 is 0 Å². The van der Waals surface area contributed by atoms with Crippen molar-refractivity contribution in [2.24, 2.45) is 0 Å². The number of nitrogens with one attached hydrogen (secondary N) is 1. The molecule has 2 rings (SSSR count). The van der Waals surface area contributed by atoms with Crippen molar-refractivity contribution >= 4 is 18.3 Å². The number of hydrogen-bond donors (Lipinski definition) is 1. The molecule has 1 aromatic rings. The van der Waals surface area contributed by atoms with Gasteiger partial charge in [0.05, 0.1) is 18.3 Å². The number of amides is 1. The molecule has 1 N–H and O–H groups in total. The molecule has 0 aliphatic carbocycles. The molecule has 23 heavy (non-hydrogen) atoms. The van der Waals surface area contributed by atoms with Gasteiger partial charge in [-0.25, -0.2) is 0 Å². The highest BCUT2D eigenvalue weighted by Gasteiger charge is 2.25. The van der Waals surface area contributed by atoms with Crippen LogP contribution in [-0.2, 0) is 16.1 Å². The molecule has 0 radical (unpaired) electrons. The van der Waals surface area contributed by atoms with E-state index in [4.69, 9.17) is 4.74 Å². The smallest absolute Gasteiger partial charge is 0.249 e. The number of ether oxygens (including phenoxy) is 1. The molecule has 0 aromatic carbocycles. The Kier molecular flexibility index (Phi) is 9.14. The van der Waals surface area contributed by atoms with Gasteiger partial charge in [0.1, 0.15) is 6.61 Å². The van der Waals surface area contributed by atoms with Gasteiger partial charge in [-0.1, -0.05) is 6.07 Å². The highest BCUT2D eigenvalue weighted by Crippen LogP contribution is 2.17. The summed E-state index contributed by atoms with van der Waals surface area (Å²) in [7, 11) is 0. The lowest BCUT2D eigenvalue weighted by Gasteiger charge is -2.31.